The summed E-state index contributed by atoms with van der Waals surface area (Å²) in [6.07, 6.45) is 17.9. The number of rotatable bonds is 7. The van der Waals surface area contributed by atoms with Gasteiger partial charge in [-0.3, -0.25) is 0 Å². The van der Waals surface area contributed by atoms with Crippen molar-refractivity contribution in [1.29, 1.82) is 5.26 Å². The van der Waals surface area contributed by atoms with E-state index in [9.17, 15) is 0 Å². The van der Waals surface area contributed by atoms with E-state index in [0.717, 1.165) is 26.2 Å². The van der Waals surface area contributed by atoms with Gasteiger partial charge >= 0.3 is 17.1 Å². The van der Waals surface area contributed by atoms with E-state index >= 15 is 0 Å². The average molecular weight is 509 g/mol. The standard InChI is InChI=1S/C25H41N5.C2H3N.Fe/c1-19-9-7-11-21(28-19)17-30(18-22-12-8-10-20(2)29-22)25(23-13-3-5-15-26-23)24-14-4-6-16-27-24;1-2-3;/h3,5,13,19-22,24-25H,4,6-12,14-18H2,1-2H3;1H3;/q-4;;+2. The van der Waals surface area contributed by atoms with Crippen LogP contribution in [0.3, 0.4) is 0 Å². The third-order valence-electron chi connectivity index (χ3n) is 7.25. The first-order chi connectivity index (χ1) is 16.1. The van der Waals surface area contributed by atoms with Crippen LogP contribution in [0.25, 0.3) is 21.3 Å². The van der Waals surface area contributed by atoms with Gasteiger partial charge in [0.05, 0.1) is 6.07 Å². The van der Waals surface area contributed by atoms with Crippen molar-refractivity contribution in [3.05, 3.63) is 45.2 Å². The van der Waals surface area contributed by atoms with Crippen molar-refractivity contribution in [3.63, 3.8) is 0 Å². The molecule has 0 saturated carbocycles. The summed E-state index contributed by atoms with van der Waals surface area (Å²) in [5, 5.41) is 27.7. The molecule has 3 saturated heterocycles. The fourth-order valence-electron chi connectivity index (χ4n) is 5.76. The first-order valence-corrected chi connectivity index (χ1v) is 13.3. The summed E-state index contributed by atoms with van der Waals surface area (Å²) in [6, 6.07) is 4.30. The average Bonchev–Trinajstić information content (AvgIpc) is 2.81. The van der Waals surface area contributed by atoms with E-state index in [0.29, 0.717) is 30.2 Å². The zero-order valence-corrected chi connectivity index (χ0v) is 22.5. The molecule has 192 valence electrons. The van der Waals surface area contributed by atoms with Crippen LogP contribution in [0.5, 0.6) is 0 Å². The second kappa shape index (κ2) is 16.0. The number of nitriles is 1. The number of nitrogens with zero attached hydrogens (tertiary/aromatic N) is 6. The number of hydrogen-bond acceptors (Lipinski definition) is 2. The molecular weight excluding hydrogens is 464 g/mol. The molecule has 0 radical (unpaired) electrons. The second-order valence-corrected chi connectivity index (χ2v) is 10.1. The van der Waals surface area contributed by atoms with Crippen LogP contribution >= 0.6 is 0 Å². The normalized spacial score (nSPS) is 32.2. The molecule has 0 aromatic rings. The van der Waals surface area contributed by atoms with Crippen LogP contribution in [0, 0.1) is 11.3 Å². The molecule has 0 aromatic heterocycles. The molecular formula is C27H44FeN6-2. The third kappa shape index (κ3) is 9.30. The largest absolute Gasteiger partial charge is 2.00 e. The number of allylic oxidation sites excluding steroid dienone is 2. The van der Waals surface area contributed by atoms with Crippen molar-refractivity contribution in [2.45, 2.75) is 115 Å². The SMILES string of the molecule is CC#N.CC1CCCC(CN(CC2CCCC(C)[N-]2)C(C2=CC=CC[N-]2)C2CCCC[N-]2)[N-]1.[Fe+2]. The Morgan fingerprint density at radius 3 is 2.06 bits per heavy atom. The van der Waals surface area contributed by atoms with Gasteiger partial charge < -0.3 is 26.2 Å². The zero-order valence-electron chi connectivity index (χ0n) is 21.4. The molecule has 0 spiro atoms. The van der Waals surface area contributed by atoms with Crippen molar-refractivity contribution < 1.29 is 17.1 Å². The van der Waals surface area contributed by atoms with Crippen LogP contribution in [0.1, 0.15) is 78.6 Å². The second-order valence-electron chi connectivity index (χ2n) is 10.1. The van der Waals surface area contributed by atoms with Crippen LogP contribution in [0.4, 0.5) is 0 Å². The van der Waals surface area contributed by atoms with E-state index in [1.54, 1.807) is 6.07 Å². The molecule has 4 heterocycles. The maximum absolute atomic E-state index is 7.32. The Hall–Kier alpha value is -0.871. The molecule has 0 N–H and O–H groups in total. The molecule has 6 atom stereocenters. The maximum atomic E-state index is 7.32. The van der Waals surface area contributed by atoms with Gasteiger partial charge in [-0.2, -0.15) is 5.26 Å². The fourth-order valence-corrected chi connectivity index (χ4v) is 5.76. The minimum atomic E-state index is 0. The Morgan fingerprint density at radius 1 is 0.971 bits per heavy atom. The van der Waals surface area contributed by atoms with Crippen LogP contribution in [0.2, 0.25) is 0 Å². The molecule has 0 bridgehead atoms. The van der Waals surface area contributed by atoms with Gasteiger partial charge in [0, 0.05) is 6.92 Å². The Balaban J connectivity index is 0.000000970. The van der Waals surface area contributed by atoms with Crippen molar-refractivity contribution in [2.75, 3.05) is 26.2 Å². The Morgan fingerprint density at radius 2 is 1.59 bits per heavy atom. The summed E-state index contributed by atoms with van der Waals surface area (Å²) >= 11 is 0. The molecule has 0 aromatic carbocycles. The Bertz CT molecular complexity index is 645. The van der Waals surface area contributed by atoms with Crippen molar-refractivity contribution >= 4 is 0 Å². The van der Waals surface area contributed by atoms with E-state index in [4.69, 9.17) is 26.5 Å². The van der Waals surface area contributed by atoms with Crippen LogP contribution < -0.4 is 0 Å². The van der Waals surface area contributed by atoms with Gasteiger partial charge in [-0.1, -0.05) is 83.8 Å². The molecule has 34 heavy (non-hydrogen) atoms. The maximum Gasteiger partial charge on any atom is 2.00 e. The summed E-state index contributed by atoms with van der Waals surface area (Å²) in [6.45, 7) is 9.89. The molecule has 3 fully saturated rings. The molecule has 0 amide bonds. The third-order valence-corrected chi connectivity index (χ3v) is 7.25. The van der Waals surface area contributed by atoms with Crippen molar-refractivity contribution in [1.82, 2.24) is 4.90 Å². The van der Waals surface area contributed by atoms with Gasteiger partial charge in [0.25, 0.3) is 0 Å². The fraction of sp³-hybridized carbons (Fsp3) is 0.815. The van der Waals surface area contributed by atoms with Crippen molar-refractivity contribution in [3.8, 4) is 6.07 Å². The van der Waals surface area contributed by atoms with Gasteiger partial charge in [-0.05, 0) is 19.1 Å². The minimum absolute atomic E-state index is 0. The van der Waals surface area contributed by atoms with Gasteiger partial charge in [-0.25, -0.2) is 0 Å². The first-order valence-electron chi connectivity index (χ1n) is 13.3. The molecule has 7 heteroatoms. The molecule has 4 aliphatic heterocycles. The van der Waals surface area contributed by atoms with Gasteiger partial charge in [-0.15, -0.1) is 55.1 Å². The molecule has 6 nitrogen and oxygen atoms in total. The quantitative estimate of drug-likeness (QED) is 0.365. The summed E-state index contributed by atoms with van der Waals surface area (Å²) < 4.78 is 0. The Kier molecular flexibility index (Phi) is 13.8. The number of piperidine rings is 3. The minimum Gasteiger partial charge on any atom is -0.683 e. The zero-order chi connectivity index (χ0) is 23.5. The predicted octanol–water partition coefficient (Wildman–Crippen LogP) is 6.57. The monoisotopic (exact) mass is 508 g/mol. The van der Waals surface area contributed by atoms with Gasteiger partial charge in [0.2, 0.25) is 0 Å². The van der Waals surface area contributed by atoms with Gasteiger partial charge in [0.15, 0.2) is 0 Å². The van der Waals surface area contributed by atoms with E-state index in [1.807, 2.05) is 0 Å². The first kappa shape index (κ1) is 29.4. The summed E-state index contributed by atoms with van der Waals surface area (Å²) in [4.78, 5) is 2.71. The van der Waals surface area contributed by atoms with Crippen molar-refractivity contribution in [2.24, 2.45) is 0 Å². The van der Waals surface area contributed by atoms with E-state index in [-0.39, 0.29) is 23.1 Å². The molecule has 0 aliphatic carbocycles. The van der Waals surface area contributed by atoms with E-state index in [1.165, 1.54) is 70.4 Å². The van der Waals surface area contributed by atoms with Gasteiger partial charge in [0.1, 0.15) is 0 Å². The van der Waals surface area contributed by atoms with Crippen LogP contribution in [-0.2, 0) is 17.1 Å². The molecule has 6 unspecified atom stereocenters. The topological polar surface area (TPSA) is 83.4 Å². The predicted molar refractivity (Wildman–Crippen MR) is 139 cm³/mol. The van der Waals surface area contributed by atoms with Crippen LogP contribution in [-0.4, -0.2) is 67.3 Å². The smallest absolute Gasteiger partial charge is 0.683 e. The van der Waals surface area contributed by atoms with Crippen LogP contribution in [0.15, 0.2) is 23.9 Å². The molecule has 4 rings (SSSR count). The van der Waals surface area contributed by atoms with E-state index < -0.39 is 0 Å². The Labute approximate surface area is 219 Å². The summed E-state index contributed by atoms with van der Waals surface area (Å²) in [7, 11) is 0. The molecule has 4 aliphatic rings. The summed E-state index contributed by atoms with van der Waals surface area (Å²) in [5.41, 5.74) is 1.24. The summed E-state index contributed by atoms with van der Waals surface area (Å²) in [5.74, 6) is 0. The number of hydrogen-bond donors (Lipinski definition) is 0. The van der Waals surface area contributed by atoms with E-state index in [2.05, 4.69) is 37.0 Å².